The second kappa shape index (κ2) is 9.42. The van der Waals surface area contributed by atoms with Crippen molar-refractivity contribution >= 4 is 12.1 Å². The number of rotatable bonds is 5. The number of carbonyl (C=O) groups is 1. The molecule has 0 aliphatic carbocycles. The van der Waals surface area contributed by atoms with Crippen LogP contribution in [-0.4, -0.2) is 18.4 Å². The highest BCUT2D eigenvalue weighted by molar-refractivity contribution is 5.51. The molecule has 1 heterocycles. The fraction of sp³-hybridized carbons (Fsp3) is 0.200. The summed E-state index contributed by atoms with van der Waals surface area (Å²) in [4.78, 5) is 12.5. The van der Waals surface area contributed by atoms with Crippen LogP contribution in [0.25, 0.3) is 0 Å². The molecule has 0 bridgehead atoms. The Bertz CT molecular complexity index is 695. The Hall–Kier alpha value is -2.88. The standard InChI is InChI=1S/C14H12F4N2O.CH4N2O/c1-19-12-6-2-5-11(15)9(12)8-21-13-10(14(16,17)18)4-3-7-20-13;2-3-1-4/h2-7,19H,8H2,1H3;1H,2H2,(H,3,4). The molecule has 1 amide bonds. The Kier molecular flexibility index (Phi) is 7.60. The molecule has 25 heavy (non-hydrogen) atoms. The molecular weight excluding hydrogens is 344 g/mol. The third kappa shape index (κ3) is 5.92. The second-order valence-electron chi connectivity index (χ2n) is 4.44. The van der Waals surface area contributed by atoms with Crippen molar-refractivity contribution in [2.75, 3.05) is 12.4 Å². The summed E-state index contributed by atoms with van der Waals surface area (Å²) in [6, 6.07) is 6.33. The Morgan fingerprint density at radius 1 is 1.28 bits per heavy atom. The zero-order chi connectivity index (χ0) is 18.9. The molecular formula is C15H16F4N4O2. The molecule has 10 heteroatoms. The number of nitrogens with one attached hydrogen (secondary N) is 2. The molecule has 1 aromatic carbocycles. The van der Waals surface area contributed by atoms with Crippen LogP contribution in [0.2, 0.25) is 0 Å². The molecule has 6 nitrogen and oxygen atoms in total. The van der Waals surface area contributed by atoms with Gasteiger partial charge in [0.25, 0.3) is 0 Å². The molecule has 0 saturated heterocycles. The number of halogens is 4. The van der Waals surface area contributed by atoms with Crippen LogP contribution < -0.4 is 21.3 Å². The van der Waals surface area contributed by atoms with Gasteiger partial charge in [0.05, 0.1) is 0 Å². The number of benzene rings is 1. The van der Waals surface area contributed by atoms with Gasteiger partial charge in [-0.25, -0.2) is 15.2 Å². The number of nitrogens with zero attached hydrogens (tertiary/aromatic N) is 1. The lowest BCUT2D eigenvalue weighted by atomic mass is 10.2. The largest absolute Gasteiger partial charge is 0.472 e. The van der Waals surface area contributed by atoms with Gasteiger partial charge >= 0.3 is 6.18 Å². The van der Waals surface area contributed by atoms with E-state index < -0.39 is 23.4 Å². The molecule has 0 aliphatic heterocycles. The Morgan fingerprint density at radius 3 is 2.52 bits per heavy atom. The van der Waals surface area contributed by atoms with Crippen molar-refractivity contribution in [2.45, 2.75) is 12.8 Å². The molecule has 2 aromatic rings. The molecule has 0 saturated carbocycles. The number of anilines is 1. The summed E-state index contributed by atoms with van der Waals surface area (Å²) < 4.78 is 57.2. The Balaban J connectivity index is 0.000000705. The molecule has 0 atom stereocenters. The van der Waals surface area contributed by atoms with E-state index in [9.17, 15) is 17.6 Å². The highest BCUT2D eigenvalue weighted by Crippen LogP contribution is 2.35. The summed E-state index contributed by atoms with van der Waals surface area (Å²) in [5.74, 6) is 3.27. The number of pyridine rings is 1. The SMILES string of the molecule is CNc1cccc(F)c1COc1ncccc1C(F)(F)F.NNC=O. The Morgan fingerprint density at radius 2 is 1.96 bits per heavy atom. The minimum atomic E-state index is -4.58. The average molecular weight is 360 g/mol. The third-order valence-corrected chi connectivity index (χ3v) is 2.89. The molecule has 0 radical (unpaired) electrons. The quantitative estimate of drug-likeness (QED) is 0.251. The van der Waals surface area contributed by atoms with Crippen LogP contribution >= 0.6 is 0 Å². The summed E-state index contributed by atoms with van der Waals surface area (Å²) >= 11 is 0. The first kappa shape index (κ1) is 20.2. The number of carbonyl (C=O) groups excluding carboxylic acids is 1. The van der Waals surface area contributed by atoms with E-state index in [0.717, 1.165) is 12.1 Å². The van der Waals surface area contributed by atoms with Crippen LogP contribution in [0.15, 0.2) is 36.5 Å². The average Bonchev–Trinajstić information content (AvgIpc) is 2.60. The number of alkyl halides is 3. The predicted octanol–water partition coefficient (Wildman–Crippen LogP) is 2.47. The summed E-state index contributed by atoms with van der Waals surface area (Å²) in [5.41, 5.74) is 1.34. The topological polar surface area (TPSA) is 89.3 Å². The fourth-order valence-electron chi connectivity index (χ4n) is 1.80. The molecule has 1 aromatic heterocycles. The maximum atomic E-state index is 13.7. The highest BCUT2D eigenvalue weighted by atomic mass is 19.4. The summed E-state index contributed by atoms with van der Waals surface area (Å²) in [5, 5.41) is 2.75. The van der Waals surface area contributed by atoms with Crippen molar-refractivity contribution in [2.24, 2.45) is 5.84 Å². The van der Waals surface area contributed by atoms with Gasteiger partial charge in [-0.1, -0.05) is 6.07 Å². The zero-order valence-electron chi connectivity index (χ0n) is 13.1. The number of hydrogen-bond acceptors (Lipinski definition) is 5. The lowest BCUT2D eigenvalue weighted by molar-refractivity contribution is -0.139. The van der Waals surface area contributed by atoms with Gasteiger partial charge in [-0.2, -0.15) is 13.2 Å². The van der Waals surface area contributed by atoms with Crippen molar-refractivity contribution in [3.63, 3.8) is 0 Å². The first-order chi connectivity index (χ1) is 11.8. The van der Waals surface area contributed by atoms with Crippen LogP contribution in [0.3, 0.4) is 0 Å². The monoisotopic (exact) mass is 360 g/mol. The van der Waals surface area contributed by atoms with E-state index in [-0.39, 0.29) is 12.2 Å². The van der Waals surface area contributed by atoms with Gasteiger partial charge in [0.1, 0.15) is 18.0 Å². The smallest absolute Gasteiger partial charge is 0.421 e. The van der Waals surface area contributed by atoms with Gasteiger partial charge in [0, 0.05) is 24.5 Å². The minimum Gasteiger partial charge on any atom is -0.472 e. The van der Waals surface area contributed by atoms with Gasteiger partial charge in [-0.05, 0) is 24.3 Å². The van der Waals surface area contributed by atoms with Crippen molar-refractivity contribution in [1.29, 1.82) is 0 Å². The van der Waals surface area contributed by atoms with E-state index in [1.807, 2.05) is 0 Å². The maximum Gasteiger partial charge on any atom is 0.421 e. The lowest BCUT2D eigenvalue weighted by Gasteiger charge is -2.14. The highest BCUT2D eigenvalue weighted by Gasteiger charge is 2.35. The van der Waals surface area contributed by atoms with E-state index in [0.29, 0.717) is 12.1 Å². The molecule has 0 spiro atoms. The summed E-state index contributed by atoms with van der Waals surface area (Å²) in [7, 11) is 1.58. The fourth-order valence-corrected chi connectivity index (χ4v) is 1.80. The molecule has 136 valence electrons. The number of ether oxygens (including phenoxy) is 1. The Labute approximate surface area is 141 Å². The van der Waals surface area contributed by atoms with Crippen molar-refractivity contribution in [3.8, 4) is 5.88 Å². The van der Waals surface area contributed by atoms with E-state index in [1.165, 1.54) is 18.3 Å². The third-order valence-electron chi connectivity index (χ3n) is 2.89. The number of hydrogen-bond donors (Lipinski definition) is 3. The normalized spacial score (nSPS) is 10.3. The van der Waals surface area contributed by atoms with Crippen molar-refractivity contribution in [1.82, 2.24) is 10.4 Å². The van der Waals surface area contributed by atoms with Gasteiger partial charge < -0.3 is 10.1 Å². The first-order valence-corrected chi connectivity index (χ1v) is 6.85. The number of amides is 1. The second-order valence-corrected chi connectivity index (χ2v) is 4.44. The van der Waals surface area contributed by atoms with Crippen LogP contribution in [0.1, 0.15) is 11.1 Å². The van der Waals surface area contributed by atoms with Gasteiger partial charge in [-0.3, -0.25) is 10.2 Å². The lowest BCUT2D eigenvalue weighted by Crippen LogP contribution is -2.18. The van der Waals surface area contributed by atoms with E-state index in [2.05, 4.69) is 16.1 Å². The minimum absolute atomic E-state index is 0.138. The molecule has 0 aliphatic rings. The molecule has 0 unspecified atom stereocenters. The van der Waals surface area contributed by atoms with Crippen LogP contribution in [-0.2, 0) is 17.6 Å². The van der Waals surface area contributed by atoms with E-state index in [1.54, 1.807) is 18.5 Å². The molecule has 0 fully saturated rings. The molecule has 2 rings (SSSR count). The maximum absolute atomic E-state index is 13.7. The van der Waals surface area contributed by atoms with Gasteiger partial charge in [0.2, 0.25) is 12.3 Å². The zero-order valence-corrected chi connectivity index (χ0v) is 13.1. The number of hydrazine groups is 1. The number of aromatic nitrogens is 1. The van der Waals surface area contributed by atoms with Crippen molar-refractivity contribution < 1.29 is 27.1 Å². The molecule has 4 N–H and O–H groups in total. The van der Waals surface area contributed by atoms with Crippen LogP contribution in [0, 0.1) is 5.82 Å². The van der Waals surface area contributed by atoms with Gasteiger partial charge in [0.15, 0.2) is 0 Å². The first-order valence-electron chi connectivity index (χ1n) is 6.85. The van der Waals surface area contributed by atoms with Crippen LogP contribution in [0.4, 0.5) is 23.2 Å². The van der Waals surface area contributed by atoms with Crippen LogP contribution in [0.5, 0.6) is 5.88 Å². The predicted molar refractivity (Wildman–Crippen MR) is 82.9 cm³/mol. The van der Waals surface area contributed by atoms with E-state index >= 15 is 0 Å². The van der Waals surface area contributed by atoms with Gasteiger partial charge in [-0.15, -0.1) is 0 Å². The number of nitrogens with two attached hydrogens (primary N) is 1. The van der Waals surface area contributed by atoms with E-state index in [4.69, 9.17) is 9.53 Å². The van der Waals surface area contributed by atoms with Crippen molar-refractivity contribution in [3.05, 3.63) is 53.5 Å². The summed E-state index contributed by atoms with van der Waals surface area (Å²) in [6.07, 6.45) is -2.99. The summed E-state index contributed by atoms with van der Waals surface area (Å²) in [6.45, 7) is -0.358.